The Bertz CT molecular complexity index is 357. The van der Waals surface area contributed by atoms with Gasteiger partial charge < -0.3 is 14.2 Å². The van der Waals surface area contributed by atoms with Gasteiger partial charge >= 0.3 is 0 Å². The summed E-state index contributed by atoms with van der Waals surface area (Å²) in [7, 11) is 1.66. The van der Waals surface area contributed by atoms with Crippen molar-refractivity contribution in [2.45, 2.75) is 26.6 Å². The SMILES string of the molecule is C=C(CCOC(C)OCC)c1ccc(OC)cc1. The van der Waals surface area contributed by atoms with Crippen LogP contribution >= 0.6 is 0 Å². The van der Waals surface area contributed by atoms with Crippen molar-refractivity contribution >= 4 is 5.57 Å². The number of rotatable bonds is 8. The highest BCUT2D eigenvalue weighted by Crippen LogP contribution is 2.19. The van der Waals surface area contributed by atoms with E-state index in [9.17, 15) is 0 Å². The van der Waals surface area contributed by atoms with Crippen LogP contribution in [0.5, 0.6) is 5.75 Å². The maximum absolute atomic E-state index is 5.51. The van der Waals surface area contributed by atoms with Crippen LogP contribution in [0.2, 0.25) is 0 Å². The fourth-order valence-corrected chi connectivity index (χ4v) is 1.60. The van der Waals surface area contributed by atoms with Gasteiger partial charge in [-0.15, -0.1) is 0 Å². The third-order valence-electron chi connectivity index (χ3n) is 2.66. The first-order valence-electron chi connectivity index (χ1n) is 6.22. The number of hydrogen-bond donors (Lipinski definition) is 0. The summed E-state index contributed by atoms with van der Waals surface area (Å²) in [6.45, 7) is 9.20. The molecular formula is C15H22O3. The second-order valence-electron chi connectivity index (χ2n) is 3.98. The molecule has 1 aromatic rings. The van der Waals surface area contributed by atoms with E-state index in [-0.39, 0.29) is 6.29 Å². The predicted molar refractivity (Wildman–Crippen MR) is 73.7 cm³/mol. The summed E-state index contributed by atoms with van der Waals surface area (Å²) in [6.07, 6.45) is 0.641. The fraction of sp³-hybridized carbons (Fsp3) is 0.467. The van der Waals surface area contributed by atoms with E-state index >= 15 is 0 Å². The van der Waals surface area contributed by atoms with Crippen molar-refractivity contribution in [2.24, 2.45) is 0 Å². The van der Waals surface area contributed by atoms with Crippen molar-refractivity contribution in [2.75, 3.05) is 20.3 Å². The Hall–Kier alpha value is -1.32. The predicted octanol–water partition coefficient (Wildman–Crippen LogP) is 3.50. The van der Waals surface area contributed by atoms with Crippen molar-refractivity contribution in [1.82, 2.24) is 0 Å². The molecule has 0 saturated heterocycles. The van der Waals surface area contributed by atoms with E-state index in [0.717, 1.165) is 23.3 Å². The average molecular weight is 250 g/mol. The number of methoxy groups -OCH3 is 1. The van der Waals surface area contributed by atoms with Gasteiger partial charge in [-0.2, -0.15) is 0 Å². The molecule has 0 N–H and O–H groups in total. The van der Waals surface area contributed by atoms with Gasteiger partial charge in [-0.1, -0.05) is 18.7 Å². The highest BCUT2D eigenvalue weighted by Gasteiger charge is 2.03. The summed E-state index contributed by atoms with van der Waals surface area (Å²) in [6, 6.07) is 7.88. The molecule has 3 heteroatoms. The summed E-state index contributed by atoms with van der Waals surface area (Å²) >= 11 is 0. The van der Waals surface area contributed by atoms with Gasteiger partial charge in [-0.05, 0) is 43.5 Å². The molecule has 100 valence electrons. The lowest BCUT2D eigenvalue weighted by atomic mass is 10.1. The molecule has 0 heterocycles. The summed E-state index contributed by atoms with van der Waals surface area (Å²) in [5, 5.41) is 0. The molecule has 0 bridgehead atoms. The van der Waals surface area contributed by atoms with Gasteiger partial charge in [0, 0.05) is 6.61 Å². The highest BCUT2D eigenvalue weighted by molar-refractivity contribution is 5.63. The van der Waals surface area contributed by atoms with Crippen molar-refractivity contribution in [3.8, 4) is 5.75 Å². The Morgan fingerprint density at radius 1 is 1.22 bits per heavy atom. The van der Waals surface area contributed by atoms with E-state index < -0.39 is 0 Å². The third-order valence-corrected chi connectivity index (χ3v) is 2.66. The molecular weight excluding hydrogens is 228 g/mol. The lowest BCUT2D eigenvalue weighted by molar-refractivity contribution is -0.125. The summed E-state index contributed by atoms with van der Waals surface area (Å²) in [5.41, 5.74) is 2.17. The molecule has 0 spiro atoms. The summed E-state index contributed by atoms with van der Waals surface area (Å²) in [5.74, 6) is 0.854. The van der Waals surface area contributed by atoms with Crippen molar-refractivity contribution in [3.05, 3.63) is 36.4 Å². The van der Waals surface area contributed by atoms with Gasteiger partial charge in [0.25, 0.3) is 0 Å². The number of ether oxygens (including phenoxy) is 3. The number of benzene rings is 1. The second kappa shape index (κ2) is 7.90. The van der Waals surface area contributed by atoms with Crippen LogP contribution in [0.4, 0.5) is 0 Å². The zero-order valence-electron chi connectivity index (χ0n) is 11.4. The number of hydrogen-bond acceptors (Lipinski definition) is 3. The van der Waals surface area contributed by atoms with E-state index in [1.165, 1.54) is 0 Å². The first kappa shape index (κ1) is 14.7. The van der Waals surface area contributed by atoms with Crippen LogP contribution in [0.1, 0.15) is 25.8 Å². The van der Waals surface area contributed by atoms with Gasteiger partial charge in [0.2, 0.25) is 0 Å². The standard InChI is InChI=1S/C15H22O3/c1-5-17-13(3)18-11-10-12(2)14-6-8-15(16-4)9-7-14/h6-9,13H,2,5,10-11H2,1,3-4H3. The van der Waals surface area contributed by atoms with Crippen LogP contribution in [0.3, 0.4) is 0 Å². The fourth-order valence-electron chi connectivity index (χ4n) is 1.60. The van der Waals surface area contributed by atoms with Crippen LogP contribution in [-0.4, -0.2) is 26.6 Å². The van der Waals surface area contributed by atoms with E-state index in [1.54, 1.807) is 7.11 Å². The molecule has 0 fully saturated rings. The van der Waals surface area contributed by atoms with Crippen LogP contribution in [0.25, 0.3) is 5.57 Å². The Labute approximate surface area is 109 Å². The van der Waals surface area contributed by atoms with Crippen molar-refractivity contribution in [1.29, 1.82) is 0 Å². The van der Waals surface area contributed by atoms with E-state index in [0.29, 0.717) is 13.2 Å². The zero-order chi connectivity index (χ0) is 13.4. The topological polar surface area (TPSA) is 27.7 Å². The summed E-state index contributed by atoms with van der Waals surface area (Å²) in [4.78, 5) is 0. The van der Waals surface area contributed by atoms with Crippen molar-refractivity contribution in [3.63, 3.8) is 0 Å². The quantitative estimate of drug-likeness (QED) is 0.661. The van der Waals surface area contributed by atoms with Crippen LogP contribution < -0.4 is 4.74 Å². The van der Waals surface area contributed by atoms with Gasteiger partial charge in [0.1, 0.15) is 5.75 Å². The largest absolute Gasteiger partial charge is 0.497 e. The Balaban J connectivity index is 2.35. The van der Waals surface area contributed by atoms with Gasteiger partial charge in [0.05, 0.1) is 13.7 Å². The first-order valence-corrected chi connectivity index (χ1v) is 6.22. The van der Waals surface area contributed by atoms with Gasteiger partial charge in [-0.3, -0.25) is 0 Å². The first-order chi connectivity index (χ1) is 8.67. The minimum absolute atomic E-state index is 0.154. The minimum atomic E-state index is -0.154. The maximum atomic E-state index is 5.51. The van der Waals surface area contributed by atoms with Crippen molar-refractivity contribution < 1.29 is 14.2 Å². The van der Waals surface area contributed by atoms with Crippen LogP contribution in [-0.2, 0) is 9.47 Å². The van der Waals surface area contributed by atoms with Crippen LogP contribution in [0.15, 0.2) is 30.8 Å². The Morgan fingerprint density at radius 2 is 1.89 bits per heavy atom. The third kappa shape index (κ3) is 4.90. The Kier molecular flexibility index (Phi) is 6.47. The van der Waals surface area contributed by atoms with Gasteiger partial charge in [0.15, 0.2) is 6.29 Å². The van der Waals surface area contributed by atoms with Crippen LogP contribution in [0, 0.1) is 0 Å². The molecule has 0 aromatic heterocycles. The molecule has 0 amide bonds. The zero-order valence-corrected chi connectivity index (χ0v) is 11.4. The maximum Gasteiger partial charge on any atom is 0.154 e. The van der Waals surface area contributed by atoms with Gasteiger partial charge in [-0.25, -0.2) is 0 Å². The second-order valence-corrected chi connectivity index (χ2v) is 3.98. The lowest BCUT2D eigenvalue weighted by Crippen LogP contribution is -2.13. The molecule has 0 aliphatic heterocycles. The smallest absolute Gasteiger partial charge is 0.154 e. The molecule has 0 radical (unpaired) electrons. The Morgan fingerprint density at radius 3 is 2.44 bits per heavy atom. The summed E-state index contributed by atoms with van der Waals surface area (Å²) < 4.78 is 15.9. The molecule has 18 heavy (non-hydrogen) atoms. The van der Waals surface area contributed by atoms with E-state index in [4.69, 9.17) is 14.2 Å². The lowest BCUT2D eigenvalue weighted by Gasteiger charge is -2.13. The van der Waals surface area contributed by atoms with E-state index in [2.05, 4.69) is 6.58 Å². The average Bonchev–Trinajstić information content (AvgIpc) is 2.39. The monoisotopic (exact) mass is 250 g/mol. The van der Waals surface area contributed by atoms with E-state index in [1.807, 2.05) is 38.1 Å². The molecule has 0 saturated carbocycles. The molecule has 1 atom stereocenters. The molecule has 1 unspecified atom stereocenters. The molecule has 1 aromatic carbocycles. The molecule has 1 rings (SSSR count). The molecule has 3 nitrogen and oxygen atoms in total. The highest BCUT2D eigenvalue weighted by atomic mass is 16.7. The normalized spacial score (nSPS) is 12.2. The minimum Gasteiger partial charge on any atom is -0.497 e. The molecule has 0 aliphatic rings. The molecule has 0 aliphatic carbocycles.